The molecule has 2 aromatic heterocycles. The van der Waals surface area contributed by atoms with Gasteiger partial charge in [0.2, 0.25) is 5.88 Å². The molecule has 2 aromatic rings. The maximum absolute atomic E-state index is 14.2. The quantitative estimate of drug-likeness (QED) is 0.909. The summed E-state index contributed by atoms with van der Waals surface area (Å²) in [7, 11) is 1.55. The lowest BCUT2D eigenvalue weighted by atomic mass is 10.1. The molecule has 0 radical (unpaired) electrons. The Morgan fingerprint density at radius 2 is 2.32 bits per heavy atom. The summed E-state index contributed by atoms with van der Waals surface area (Å²) in [6, 6.07) is 3.55. The molecule has 22 heavy (non-hydrogen) atoms. The van der Waals surface area contributed by atoms with E-state index in [1.807, 2.05) is 6.07 Å². The molecular formula is C16H21FN4O. The Labute approximate surface area is 129 Å². The van der Waals surface area contributed by atoms with E-state index in [4.69, 9.17) is 10.5 Å². The molecule has 0 aromatic carbocycles. The van der Waals surface area contributed by atoms with Crippen LogP contribution in [0.2, 0.25) is 0 Å². The van der Waals surface area contributed by atoms with Crippen LogP contribution in [0.4, 0.5) is 4.39 Å². The molecule has 118 valence electrons. The second-order valence-corrected chi connectivity index (χ2v) is 5.75. The van der Waals surface area contributed by atoms with Gasteiger partial charge in [0.15, 0.2) is 0 Å². The molecule has 0 aliphatic carbocycles. The fourth-order valence-electron chi connectivity index (χ4n) is 3.01. The van der Waals surface area contributed by atoms with Crippen molar-refractivity contribution < 1.29 is 9.13 Å². The van der Waals surface area contributed by atoms with Gasteiger partial charge in [0.1, 0.15) is 5.82 Å². The number of ether oxygens (including phenoxy) is 1. The number of nitrogens with zero attached hydrogens (tertiary/aromatic N) is 3. The minimum Gasteiger partial charge on any atom is -0.481 e. The van der Waals surface area contributed by atoms with E-state index < -0.39 is 0 Å². The molecule has 2 N–H and O–H groups in total. The summed E-state index contributed by atoms with van der Waals surface area (Å²) in [5.41, 5.74) is 7.61. The molecule has 0 bridgehead atoms. The predicted octanol–water partition coefficient (Wildman–Crippen LogP) is 1.60. The highest BCUT2D eigenvalue weighted by Gasteiger charge is 2.21. The molecule has 1 saturated heterocycles. The lowest BCUT2D eigenvalue weighted by Gasteiger charge is -2.16. The largest absolute Gasteiger partial charge is 0.481 e. The number of halogens is 1. The van der Waals surface area contributed by atoms with Gasteiger partial charge in [-0.3, -0.25) is 4.98 Å². The maximum atomic E-state index is 14.2. The number of hydrogen-bond acceptors (Lipinski definition) is 5. The molecule has 3 heterocycles. The number of fused-ring (bicyclic) bond motifs is 1. The highest BCUT2D eigenvalue weighted by atomic mass is 19.1. The second-order valence-electron chi connectivity index (χ2n) is 5.75. The van der Waals surface area contributed by atoms with Gasteiger partial charge in [-0.25, -0.2) is 9.37 Å². The van der Waals surface area contributed by atoms with Crippen molar-refractivity contribution in [3.05, 3.63) is 29.7 Å². The van der Waals surface area contributed by atoms with Crippen molar-refractivity contribution in [2.45, 2.75) is 12.8 Å². The average molecular weight is 304 g/mol. The van der Waals surface area contributed by atoms with Crippen LogP contribution in [0, 0.1) is 11.7 Å². The first-order valence-electron chi connectivity index (χ1n) is 7.61. The maximum Gasteiger partial charge on any atom is 0.213 e. The van der Waals surface area contributed by atoms with Crippen LogP contribution in [0.1, 0.15) is 12.0 Å². The summed E-state index contributed by atoms with van der Waals surface area (Å²) in [5, 5.41) is 0. The van der Waals surface area contributed by atoms with Gasteiger partial charge < -0.3 is 15.4 Å². The van der Waals surface area contributed by atoms with E-state index in [-0.39, 0.29) is 5.82 Å². The zero-order chi connectivity index (χ0) is 15.5. The minimum atomic E-state index is -0.303. The zero-order valence-electron chi connectivity index (χ0n) is 12.8. The van der Waals surface area contributed by atoms with E-state index in [0.717, 1.165) is 32.6 Å². The number of nitrogens with two attached hydrogens (primary N) is 1. The fraction of sp³-hybridized carbons (Fsp3) is 0.500. The van der Waals surface area contributed by atoms with Gasteiger partial charge in [0.25, 0.3) is 0 Å². The van der Waals surface area contributed by atoms with Crippen molar-refractivity contribution in [1.82, 2.24) is 14.9 Å². The lowest BCUT2D eigenvalue weighted by molar-refractivity contribution is 0.328. The zero-order valence-corrected chi connectivity index (χ0v) is 12.8. The number of aromatic nitrogens is 2. The number of hydrogen-bond donors (Lipinski definition) is 1. The average Bonchev–Trinajstić information content (AvgIpc) is 3.01. The molecule has 1 aliphatic rings. The SMILES string of the molecule is COc1ccc2ncc(F)c(CCN3CC[C@H](CN)C3)c2n1. The van der Waals surface area contributed by atoms with Crippen LogP contribution >= 0.6 is 0 Å². The highest BCUT2D eigenvalue weighted by molar-refractivity contribution is 5.78. The Balaban J connectivity index is 1.81. The van der Waals surface area contributed by atoms with Crippen molar-refractivity contribution in [2.75, 3.05) is 33.3 Å². The van der Waals surface area contributed by atoms with Gasteiger partial charge in [-0.05, 0) is 37.9 Å². The van der Waals surface area contributed by atoms with Gasteiger partial charge in [-0.15, -0.1) is 0 Å². The van der Waals surface area contributed by atoms with Crippen LogP contribution in [0.3, 0.4) is 0 Å². The third-order valence-corrected chi connectivity index (χ3v) is 4.33. The Kier molecular flexibility index (Phi) is 4.49. The topological polar surface area (TPSA) is 64.3 Å². The van der Waals surface area contributed by atoms with Crippen LogP contribution in [0.25, 0.3) is 11.0 Å². The fourth-order valence-corrected chi connectivity index (χ4v) is 3.01. The summed E-state index contributed by atoms with van der Waals surface area (Å²) in [4.78, 5) is 10.8. The normalized spacial score (nSPS) is 19.0. The molecule has 1 atom stereocenters. The molecule has 0 spiro atoms. The van der Waals surface area contributed by atoms with Gasteiger partial charge in [0.05, 0.1) is 24.3 Å². The summed E-state index contributed by atoms with van der Waals surface area (Å²) in [6.07, 6.45) is 3.02. The van der Waals surface area contributed by atoms with Crippen molar-refractivity contribution >= 4 is 11.0 Å². The molecule has 6 heteroatoms. The molecule has 1 fully saturated rings. The van der Waals surface area contributed by atoms with Crippen LogP contribution in [-0.2, 0) is 6.42 Å². The lowest BCUT2D eigenvalue weighted by Crippen LogP contribution is -2.25. The van der Waals surface area contributed by atoms with Gasteiger partial charge >= 0.3 is 0 Å². The van der Waals surface area contributed by atoms with E-state index in [9.17, 15) is 4.39 Å². The van der Waals surface area contributed by atoms with Crippen LogP contribution < -0.4 is 10.5 Å². The van der Waals surface area contributed by atoms with Crippen LogP contribution in [-0.4, -0.2) is 48.2 Å². The Morgan fingerprint density at radius 1 is 1.45 bits per heavy atom. The van der Waals surface area contributed by atoms with Crippen LogP contribution in [0.15, 0.2) is 18.3 Å². The van der Waals surface area contributed by atoms with E-state index in [1.54, 1.807) is 13.2 Å². The van der Waals surface area contributed by atoms with Crippen molar-refractivity contribution in [3.63, 3.8) is 0 Å². The van der Waals surface area contributed by atoms with E-state index in [2.05, 4.69) is 14.9 Å². The Morgan fingerprint density at radius 3 is 3.05 bits per heavy atom. The molecule has 1 aliphatic heterocycles. The minimum absolute atomic E-state index is 0.303. The highest BCUT2D eigenvalue weighted by Crippen LogP contribution is 2.22. The summed E-state index contributed by atoms with van der Waals surface area (Å²) < 4.78 is 19.3. The number of methoxy groups -OCH3 is 1. The molecular weight excluding hydrogens is 283 g/mol. The van der Waals surface area contributed by atoms with Crippen LogP contribution in [0.5, 0.6) is 5.88 Å². The monoisotopic (exact) mass is 304 g/mol. The molecule has 0 unspecified atom stereocenters. The third-order valence-electron chi connectivity index (χ3n) is 4.33. The Bertz CT molecular complexity index is 664. The first-order chi connectivity index (χ1) is 10.7. The van der Waals surface area contributed by atoms with Crippen molar-refractivity contribution in [3.8, 4) is 5.88 Å². The molecule has 0 amide bonds. The third kappa shape index (κ3) is 3.03. The first-order valence-corrected chi connectivity index (χ1v) is 7.61. The summed E-state index contributed by atoms with van der Waals surface area (Å²) in [6.45, 7) is 3.56. The first kappa shape index (κ1) is 15.1. The van der Waals surface area contributed by atoms with E-state index >= 15 is 0 Å². The Hall–Kier alpha value is -1.79. The van der Waals surface area contributed by atoms with E-state index in [0.29, 0.717) is 34.8 Å². The number of rotatable bonds is 5. The second kappa shape index (κ2) is 6.54. The van der Waals surface area contributed by atoms with E-state index in [1.165, 1.54) is 6.20 Å². The number of likely N-dealkylation sites (tertiary alicyclic amines) is 1. The van der Waals surface area contributed by atoms with Gasteiger partial charge in [-0.1, -0.05) is 0 Å². The number of pyridine rings is 2. The molecule has 0 saturated carbocycles. The summed E-state index contributed by atoms with van der Waals surface area (Å²) >= 11 is 0. The van der Waals surface area contributed by atoms with Crippen molar-refractivity contribution in [1.29, 1.82) is 0 Å². The summed E-state index contributed by atoms with van der Waals surface area (Å²) in [5.74, 6) is 0.741. The predicted molar refractivity (Wildman–Crippen MR) is 83.4 cm³/mol. The molecule has 5 nitrogen and oxygen atoms in total. The standard InChI is InChI=1S/C16H21FN4O/c1-22-15-3-2-14-16(20-15)12(13(17)9-19-14)5-7-21-6-4-11(8-18)10-21/h2-3,9,11H,4-8,10,18H2,1H3/t11-/m1/s1. The van der Waals surface area contributed by atoms with Crippen molar-refractivity contribution in [2.24, 2.45) is 11.7 Å². The van der Waals surface area contributed by atoms with Gasteiger partial charge in [-0.2, -0.15) is 0 Å². The smallest absolute Gasteiger partial charge is 0.213 e. The van der Waals surface area contributed by atoms with Gasteiger partial charge in [0, 0.05) is 24.7 Å². The molecule has 3 rings (SSSR count).